The van der Waals surface area contributed by atoms with Gasteiger partial charge in [-0.3, -0.25) is 4.79 Å². The molecular weight excluding hydrogens is 843 g/mol. The van der Waals surface area contributed by atoms with Gasteiger partial charge in [0.2, 0.25) is 5.91 Å². The molecule has 0 aromatic rings. The zero-order chi connectivity index (χ0) is 49.9. The molecule has 2 unspecified atom stereocenters. The van der Waals surface area contributed by atoms with Gasteiger partial charge in [-0.1, -0.05) is 333 Å². The van der Waals surface area contributed by atoms with E-state index < -0.39 is 12.1 Å². The summed E-state index contributed by atoms with van der Waals surface area (Å²) in [4.78, 5) is 12.5. The molecule has 408 valence electrons. The fraction of sp³-hybridized carbons (Fsp3) is 0.892. The van der Waals surface area contributed by atoms with Crippen molar-refractivity contribution in [1.29, 1.82) is 0 Å². The van der Waals surface area contributed by atoms with Crippen LogP contribution in [0.5, 0.6) is 0 Å². The van der Waals surface area contributed by atoms with Crippen molar-refractivity contribution in [3.8, 4) is 0 Å². The lowest BCUT2D eigenvalue weighted by Crippen LogP contribution is -2.45. The molecule has 0 aromatic carbocycles. The molecule has 0 saturated carbocycles. The molecule has 0 fully saturated rings. The minimum Gasteiger partial charge on any atom is -0.394 e. The topological polar surface area (TPSA) is 69.6 Å². The van der Waals surface area contributed by atoms with Crippen molar-refractivity contribution in [2.45, 2.75) is 366 Å². The fourth-order valence-corrected chi connectivity index (χ4v) is 10.0. The number of carbonyl (C=O) groups is 1. The van der Waals surface area contributed by atoms with Crippen LogP contribution in [0.1, 0.15) is 354 Å². The molecule has 0 spiro atoms. The lowest BCUT2D eigenvalue weighted by atomic mass is 10.0. The first kappa shape index (κ1) is 67.6. The maximum absolute atomic E-state index is 12.5. The molecule has 0 saturated heterocycles. The lowest BCUT2D eigenvalue weighted by molar-refractivity contribution is -0.123. The second-order valence-corrected chi connectivity index (χ2v) is 21.8. The zero-order valence-electron chi connectivity index (χ0n) is 47.1. The van der Waals surface area contributed by atoms with Crippen LogP contribution < -0.4 is 5.32 Å². The third kappa shape index (κ3) is 57.4. The SMILES string of the molecule is CCCCCCC/C=C\C/C=C\CCCCCCCCCCCCCCCCCCCCCCCCCC(=O)NC(CO)C(O)/C=C/CCCCCCCCCCCCCCCCCCCCCC. The molecule has 0 bridgehead atoms. The summed E-state index contributed by atoms with van der Waals surface area (Å²) in [5, 5.41) is 23.2. The van der Waals surface area contributed by atoms with Crippen molar-refractivity contribution in [2.75, 3.05) is 6.61 Å². The minimum atomic E-state index is -0.838. The van der Waals surface area contributed by atoms with Crippen LogP contribution in [0.3, 0.4) is 0 Å². The number of hydrogen-bond donors (Lipinski definition) is 3. The van der Waals surface area contributed by atoms with E-state index in [-0.39, 0.29) is 12.5 Å². The highest BCUT2D eigenvalue weighted by molar-refractivity contribution is 5.76. The number of hydrogen-bond acceptors (Lipinski definition) is 3. The molecule has 0 heterocycles. The van der Waals surface area contributed by atoms with E-state index in [1.807, 2.05) is 6.08 Å². The minimum absolute atomic E-state index is 0.0565. The van der Waals surface area contributed by atoms with Crippen molar-refractivity contribution in [3.05, 3.63) is 36.5 Å². The molecular formula is C65H125NO3. The number of amides is 1. The van der Waals surface area contributed by atoms with Crippen molar-refractivity contribution in [3.63, 3.8) is 0 Å². The van der Waals surface area contributed by atoms with Gasteiger partial charge < -0.3 is 15.5 Å². The highest BCUT2D eigenvalue weighted by Crippen LogP contribution is 2.18. The molecule has 0 rings (SSSR count). The Morgan fingerprint density at radius 1 is 0.348 bits per heavy atom. The van der Waals surface area contributed by atoms with E-state index in [0.29, 0.717) is 6.42 Å². The molecule has 0 aliphatic heterocycles. The summed E-state index contributed by atoms with van der Waals surface area (Å²) in [5.41, 5.74) is 0. The van der Waals surface area contributed by atoms with Crippen molar-refractivity contribution >= 4 is 5.91 Å². The number of carbonyl (C=O) groups excluding carboxylic acids is 1. The Bertz CT molecular complexity index is 1050. The van der Waals surface area contributed by atoms with Crippen molar-refractivity contribution in [1.82, 2.24) is 5.32 Å². The smallest absolute Gasteiger partial charge is 0.220 e. The van der Waals surface area contributed by atoms with E-state index in [1.54, 1.807) is 6.08 Å². The molecule has 0 aliphatic rings. The first-order chi connectivity index (χ1) is 34.2. The fourth-order valence-electron chi connectivity index (χ4n) is 10.0. The summed E-state index contributed by atoms with van der Waals surface area (Å²) < 4.78 is 0. The van der Waals surface area contributed by atoms with Gasteiger partial charge in [-0.15, -0.1) is 0 Å². The van der Waals surface area contributed by atoms with Crippen LogP contribution in [-0.2, 0) is 4.79 Å². The van der Waals surface area contributed by atoms with Gasteiger partial charge in [-0.05, 0) is 51.4 Å². The van der Waals surface area contributed by atoms with Crippen LogP contribution in [-0.4, -0.2) is 34.9 Å². The van der Waals surface area contributed by atoms with E-state index in [0.717, 1.165) is 32.1 Å². The Labute approximate surface area is 433 Å². The molecule has 2 atom stereocenters. The predicted octanol–water partition coefficient (Wildman–Crippen LogP) is 21.2. The van der Waals surface area contributed by atoms with Crippen LogP contribution in [0.15, 0.2) is 36.5 Å². The van der Waals surface area contributed by atoms with E-state index in [2.05, 4.69) is 43.5 Å². The molecule has 1 amide bonds. The lowest BCUT2D eigenvalue weighted by Gasteiger charge is -2.20. The first-order valence-electron chi connectivity index (χ1n) is 31.7. The summed E-state index contributed by atoms with van der Waals surface area (Å²) in [6, 6.07) is -0.621. The van der Waals surface area contributed by atoms with Crippen molar-refractivity contribution < 1.29 is 15.0 Å². The molecule has 0 aliphatic carbocycles. The average molecular weight is 969 g/mol. The number of allylic oxidation sites excluding steroid dienone is 5. The molecule has 0 radical (unpaired) electrons. The van der Waals surface area contributed by atoms with E-state index in [4.69, 9.17) is 0 Å². The molecule has 69 heavy (non-hydrogen) atoms. The first-order valence-corrected chi connectivity index (χ1v) is 31.7. The number of aliphatic hydroxyl groups excluding tert-OH is 2. The highest BCUT2D eigenvalue weighted by atomic mass is 16.3. The number of unbranched alkanes of at least 4 members (excludes halogenated alkanes) is 48. The maximum Gasteiger partial charge on any atom is 0.220 e. The van der Waals surface area contributed by atoms with Gasteiger partial charge in [0.05, 0.1) is 18.8 Å². The van der Waals surface area contributed by atoms with Crippen molar-refractivity contribution in [2.24, 2.45) is 0 Å². The van der Waals surface area contributed by atoms with Gasteiger partial charge in [-0.2, -0.15) is 0 Å². The van der Waals surface area contributed by atoms with Gasteiger partial charge in [0, 0.05) is 6.42 Å². The van der Waals surface area contributed by atoms with E-state index >= 15 is 0 Å². The summed E-state index contributed by atoms with van der Waals surface area (Å²) >= 11 is 0. The number of nitrogens with one attached hydrogen (secondary N) is 1. The Kier molecular flexibility index (Phi) is 59.7. The second-order valence-electron chi connectivity index (χ2n) is 21.8. The summed E-state index contributed by atoms with van der Waals surface area (Å²) in [6.07, 6.45) is 83.4. The van der Waals surface area contributed by atoms with Crippen LogP contribution >= 0.6 is 0 Å². The normalized spacial score (nSPS) is 12.9. The Morgan fingerprint density at radius 2 is 0.594 bits per heavy atom. The summed E-state index contributed by atoms with van der Waals surface area (Å²) in [5.74, 6) is -0.0565. The third-order valence-corrected chi connectivity index (χ3v) is 14.9. The largest absolute Gasteiger partial charge is 0.394 e. The van der Waals surface area contributed by atoms with Crippen LogP contribution in [0.4, 0.5) is 0 Å². The van der Waals surface area contributed by atoms with Gasteiger partial charge in [0.25, 0.3) is 0 Å². The summed E-state index contributed by atoms with van der Waals surface area (Å²) in [7, 11) is 0. The standard InChI is InChI=1S/C65H125NO3/c1-3-5-7-9-11-13-15-17-19-21-23-25-27-28-29-30-31-32-33-34-35-36-37-38-39-41-43-45-47-49-51-53-55-57-59-61-65(69)66-63(62-67)64(68)60-58-56-54-52-50-48-46-44-42-40-26-24-22-20-18-16-14-12-10-8-6-4-2/h15,17,21,23,58,60,63-64,67-68H,3-14,16,18-20,22,24-57,59,61-62H2,1-2H3,(H,66,69)/b17-15-,23-21-,60-58+. The van der Waals surface area contributed by atoms with Crippen LogP contribution in [0.25, 0.3) is 0 Å². The Hall–Kier alpha value is -1.39. The van der Waals surface area contributed by atoms with E-state index in [1.165, 1.54) is 302 Å². The predicted molar refractivity (Wildman–Crippen MR) is 308 cm³/mol. The van der Waals surface area contributed by atoms with Gasteiger partial charge in [0.1, 0.15) is 0 Å². The maximum atomic E-state index is 12.5. The Morgan fingerprint density at radius 3 is 0.870 bits per heavy atom. The molecule has 4 nitrogen and oxygen atoms in total. The molecule has 0 aromatic heterocycles. The number of rotatable bonds is 59. The average Bonchev–Trinajstić information content (AvgIpc) is 3.35. The van der Waals surface area contributed by atoms with Gasteiger partial charge >= 0.3 is 0 Å². The highest BCUT2D eigenvalue weighted by Gasteiger charge is 2.18. The van der Waals surface area contributed by atoms with Gasteiger partial charge in [-0.25, -0.2) is 0 Å². The molecule has 4 heteroatoms. The molecule has 3 N–H and O–H groups in total. The van der Waals surface area contributed by atoms with E-state index in [9.17, 15) is 15.0 Å². The third-order valence-electron chi connectivity index (χ3n) is 14.9. The van der Waals surface area contributed by atoms with Crippen LogP contribution in [0.2, 0.25) is 0 Å². The monoisotopic (exact) mass is 968 g/mol. The zero-order valence-corrected chi connectivity index (χ0v) is 47.1. The quantitative estimate of drug-likeness (QED) is 0.0420. The van der Waals surface area contributed by atoms with Crippen LogP contribution in [0, 0.1) is 0 Å². The Balaban J connectivity index is 3.42. The van der Waals surface area contributed by atoms with Gasteiger partial charge in [0.15, 0.2) is 0 Å². The number of aliphatic hydroxyl groups is 2. The summed E-state index contributed by atoms with van der Waals surface area (Å²) in [6.45, 7) is 4.34. The second kappa shape index (κ2) is 60.9.